The molecule has 10 heavy (non-hydrogen) atoms. The molecule has 0 amide bonds. The lowest BCUT2D eigenvalue weighted by Crippen LogP contribution is -2.03. The number of aromatic amines is 1. The SMILES string of the molecule is C=c1ccn2[nH]c(=O)nc12. The minimum absolute atomic E-state index is 0.333. The van der Waals surface area contributed by atoms with Crippen LogP contribution < -0.4 is 10.9 Å². The maximum atomic E-state index is 10.6. The van der Waals surface area contributed by atoms with Crippen molar-refractivity contribution in [2.75, 3.05) is 0 Å². The molecule has 0 aromatic carbocycles. The van der Waals surface area contributed by atoms with E-state index in [1.54, 1.807) is 16.8 Å². The van der Waals surface area contributed by atoms with Crippen LogP contribution in [0.2, 0.25) is 0 Å². The number of nitrogens with zero attached hydrogens (tertiary/aromatic N) is 2. The maximum absolute atomic E-state index is 10.6. The Morgan fingerprint density at radius 2 is 2.50 bits per heavy atom. The average Bonchev–Trinajstić information content (AvgIpc) is 2.35. The quantitative estimate of drug-likeness (QED) is 0.511. The van der Waals surface area contributed by atoms with Gasteiger partial charge in [-0.3, -0.25) is 0 Å². The molecule has 0 aliphatic heterocycles. The highest BCUT2D eigenvalue weighted by Crippen LogP contribution is 1.83. The fourth-order valence-electron chi connectivity index (χ4n) is 0.904. The third kappa shape index (κ3) is 0.500. The van der Waals surface area contributed by atoms with E-state index in [1.807, 2.05) is 0 Å². The van der Waals surface area contributed by atoms with Crippen LogP contribution in [-0.2, 0) is 0 Å². The van der Waals surface area contributed by atoms with E-state index >= 15 is 0 Å². The van der Waals surface area contributed by atoms with Crippen molar-refractivity contribution in [1.29, 1.82) is 0 Å². The molecule has 2 aromatic rings. The standard InChI is InChI=1S/C6H5N3O/c1-4-2-3-9-5(4)7-6(10)8-9/h2-3H,1H2,(H,8,10). The molecular weight excluding hydrogens is 130 g/mol. The van der Waals surface area contributed by atoms with Crippen LogP contribution in [0.3, 0.4) is 0 Å². The molecule has 0 atom stereocenters. The summed E-state index contributed by atoms with van der Waals surface area (Å²) in [6, 6.07) is 1.79. The molecule has 4 nitrogen and oxygen atoms in total. The van der Waals surface area contributed by atoms with E-state index in [1.165, 1.54) is 0 Å². The predicted molar refractivity (Wildman–Crippen MR) is 36.6 cm³/mol. The van der Waals surface area contributed by atoms with Gasteiger partial charge in [0.1, 0.15) is 0 Å². The molecule has 0 spiro atoms. The second kappa shape index (κ2) is 1.47. The number of aromatic nitrogens is 3. The first-order valence-corrected chi connectivity index (χ1v) is 2.83. The van der Waals surface area contributed by atoms with Gasteiger partial charge in [0.2, 0.25) is 0 Å². The molecule has 2 aromatic heterocycles. The zero-order valence-electron chi connectivity index (χ0n) is 5.16. The molecule has 2 rings (SSSR count). The molecule has 0 saturated carbocycles. The molecule has 0 fully saturated rings. The first kappa shape index (κ1) is 5.22. The Hall–Kier alpha value is -1.58. The molecule has 4 heteroatoms. The smallest absolute Gasteiger partial charge is 0.244 e. The summed E-state index contributed by atoms with van der Waals surface area (Å²) in [6.07, 6.45) is 1.71. The Morgan fingerprint density at radius 1 is 1.70 bits per heavy atom. The summed E-state index contributed by atoms with van der Waals surface area (Å²) >= 11 is 0. The minimum Gasteiger partial charge on any atom is -0.244 e. The van der Waals surface area contributed by atoms with Crippen LogP contribution in [0.5, 0.6) is 0 Å². The summed E-state index contributed by atoms with van der Waals surface area (Å²) in [5.74, 6) is 0. The van der Waals surface area contributed by atoms with Gasteiger partial charge in [0.05, 0.1) is 0 Å². The van der Waals surface area contributed by atoms with E-state index in [0.29, 0.717) is 5.65 Å². The average molecular weight is 135 g/mol. The zero-order chi connectivity index (χ0) is 7.14. The van der Waals surface area contributed by atoms with Crippen molar-refractivity contribution in [3.05, 3.63) is 28.0 Å². The van der Waals surface area contributed by atoms with Gasteiger partial charge < -0.3 is 0 Å². The molecular formula is C6H5N3O. The zero-order valence-corrected chi connectivity index (χ0v) is 5.16. The normalized spacial score (nSPS) is 10.8. The van der Waals surface area contributed by atoms with Crippen molar-refractivity contribution in [2.24, 2.45) is 0 Å². The topological polar surface area (TPSA) is 50.2 Å². The van der Waals surface area contributed by atoms with E-state index in [-0.39, 0.29) is 5.69 Å². The van der Waals surface area contributed by atoms with Crippen molar-refractivity contribution < 1.29 is 0 Å². The molecule has 0 bridgehead atoms. The lowest BCUT2D eigenvalue weighted by atomic mass is 10.5. The monoisotopic (exact) mass is 135 g/mol. The fourth-order valence-corrected chi connectivity index (χ4v) is 0.904. The summed E-state index contributed by atoms with van der Waals surface area (Å²) in [5.41, 5.74) is 0.269. The molecule has 0 aliphatic rings. The van der Waals surface area contributed by atoms with Gasteiger partial charge in [0, 0.05) is 11.4 Å². The third-order valence-corrected chi connectivity index (χ3v) is 1.36. The van der Waals surface area contributed by atoms with E-state index in [9.17, 15) is 4.79 Å². The van der Waals surface area contributed by atoms with Gasteiger partial charge in [0.15, 0.2) is 5.65 Å². The number of nitrogens with one attached hydrogen (secondary N) is 1. The predicted octanol–water partition coefficient (Wildman–Crippen LogP) is -0.848. The van der Waals surface area contributed by atoms with Crippen LogP contribution in [0, 0.1) is 0 Å². The number of H-pyrrole nitrogens is 1. The van der Waals surface area contributed by atoms with Gasteiger partial charge in [-0.15, -0.1) is 0 Å². The van der Waals surface area contributed by atoms with E-state index in [0.717, 1.165) is 5.22 Å². The molecule has 50 valence electrons. The van der Waals surface area contributed by atoms with Crippen LogP contribution in [-0.4, -0.2) is 14.6 Å². The minimum atomic E-state index is -0.333. The number of hydrogen-bond donors (Lipinski definition) is 1. The summed E-state index contributed by atoms with van der Waals surface area (Å²) in [6.45, 7) is 3.68. The highest BCUT2D eigenvalue weighted by Gasteiger charge is 1.96. The number of hydrogen-bond acceptors (Lipinski definition) is 2. The second-order valence-corrected chi connectivity index (χ2v) is 2.06. The number of rotatable bonds is 0. The molecule has 0 radical (unpaired) electrons. The Balaban J connectivity index is 3.18. The van der Waals surface area contributed by atoms with Crippen molar-refractivity contribution in [2.45, 2.75) is 0 Å². The van der Waals surface area contributed by atoms with Gasteiger partial charge in [-0.05, 0) is 6.07 Å². The first-order chi connectivity index (χ1) is 4.77. The van der Waals surface area contributed by atoms with Gasteiger partial charge in [-0.1, -0.05) is 6.58 Å². The lowest BCUT2D eigenvalue weighted by molar-refractivity contribution is 0.946. The fraction of sp³-hybridized carbons (Fsp3) is 0. The molecule has 0 unspecified atom stereocenters. The van der Waals surface area contributed by atoms with Crippen LogP contribution in [0.15, 0.2) is 17.1 Å². The lowest BCUT2D eigenvalue weighted by Gasteiger charge is -1.74. The van der Waals surface area contributed by atoms with E-state index in [4.69, 9.17) is 0 Å². The summed E-state index contributed by atoms with van der Waals surface area (Å²) < 4.78 is 1.55. The highest BCUT2D eigenvalue weighted by molar-refractivity contribution is 5.40. The molecule has 1 N–H and O–H groups in total. The van der Waals surface area contributed by atoms with Crippen LogP contribution in [0.1, 0.15) is 0 Å². The first-order valence-electron chi connectivity index (χ1n) is 2.83. The van der Waals surface area contributed by atoms with Gasteiger partial charge in [-0.25, -0.2) is 14.4 Å². The van der Waals surface area contributed by atoms with Crippen molar-refractivity contribution in [1.82, 2.24) is 14.6 Å². The molecule has 0 aliphatic carbocycles. The van der Waals surface area contributed by atoms with E-state index in [2.05, 4.69) is 16.7 Å². The Labute approximate surface area is 55.8 Å². The van der Waals surface area contributed by atoms with Gasteiger partial charge in [0.25, 0.3) is 0 Å². The molecule has 0 saturated heterocycles. The van der Waals surface area contributed by atoms with Crippen LogP contribution in [0.25, 0.3) is 12.2 Å². The Bertz CT molecular complexity index is 453. The summed E-state index contributed by atoms with van der Waals surface area (Å²) in [7, 11) is 0. The highest BCUT2D eigenvalue weighted by atomic mass is 16.1. The summed E-state index contributed by atoms with van der Waals surface area (Å²) in [5, 5.41) is 3.25. The van der Waals surface area contributed by atoms with Crippen LogP contribution >= 0.6 is 0 Å². The van der Waals surface area contributed by atoms with Crippen LogP contribution in [0.4, 0.5) is 0 Å². The van der Waals surface area contributed by atoms with Crippen molar-refractivity contribution in [3.8, 4) is 0 Å². The van der Waals surface area contributed by atoms with Crippen molar-refractivity contribution >= 4 is 12.2 Å². The van der Waals surface area contributed by atoms with Gasteiger partial charge in [-0.2, -0.15) is 4.98 Å². The maximum Gasteiger partial charge on any atom is 0.362 e. The second-order valence-electron chi connectivity index (χ2n) is 2.06. The Kier molecular flexibility index (Phi) is 0.768. The van der Waals surface area contributed by atoms with E-state index < -0.39 is 0 Å². The Morgan fingerprint density at radius 3 is 3.20 bits per heavy atom. The molecule has 2 heterocycles. The third-order valence-electron chi connectivity index (χ3n) is 1.36. The van der Waals surface area contributed by atoms with Gasteiger partial charge >= 0.3 is 5.69 Å². The summed E-state index contributed by atoms with van der Waals surface area (Å²) in [4.78, 5) is 14.2. The largest absolute Gasteiger partial charge is 0.362 e. The number of fused-ring (bicyclic) bond motifs is 1. The van der Waals surface area contributed by atoms with Crippen molar-refractivity contribution in [3.63, 3.8) is 0 Å².